The van der Waals surface area contributed by atoms with Gasteiger partial charge in [0.2, 0.25) is 0 Å². The van der Waals surface area contributed by atoms with Crippen molar-refractivity contribution >= 4 is 0 Å². The molecule has 0 radical (unpaired) electrons. The van der Waals surface area contributed by atoms with Crippen molar-refractivity contribution in [2.75, 3.05) is 0 Å². The number of pyridine rings is 1. The molecule has 0 atom stereocenters. The highest BCUT2D eigenvalue weighted by Gasteiger charge is 2.06. The Kier molecular flexibility index (Phi) is 3.90. The van der Waals surface area contributed by atoms with Crippen LogP contribution in [0.5, 0.6) is 0 Å². The van der Waals surface area contributed by atoms with Gasteiger partial charge in [-0.1, -0.05) is 20.8 Å². The zero-order valence-corrected chi connectivity index (χ0v) is 8.67. The molecule has 0 spiro atoms. The number of nitrogens with zero attached hydrogens (tertiary/aromatic N) is 1. The van der Waals surface area contributed by atoms with Crippen LogP contribution in [0.1, 0.15) is 31.9 Å². The van der Waals surface area contributed by atoms with Gasteiger partial charge in [0.1, 0.15) is 0 Å². The van der Waals surface area contributed by atoms with Gasteiger partial charge in [0.25, 0.3) is 0 Å². The normalized spacial score (nSPS) is 13.5. The third kappa shape index (κ3) is 3.55. The molecule has 2 rings (SSSR count). The van der Waals surface area contributed by atoms with E-state index in [-0.39, 0.29) is 0 Å². The van der Waals surface area contributed by atoms with Crippen molar-refractivity contribution in [3.63, 3.8) is 0 Å². The molecule has 1 N–H and O–H groups in total. The van der Waals surface area contributed by atoms with Crippen LogP contribution in [0.3, 0.4) is 0 Å². The molecule has 2 heterocycles. The summed E-state index contributed by atoms with van der Waals surface area (Å²) in [7, 11) is 0. The summed E-state index contributed by atoms with van der Waals surface area (Å²) in [4.78, 5) is 4.02. The van der Waals surface area contributed by atoms with Crippen LogP contribution in [0, 0.1) is 5.92 Å². The van der Waals surface area contributed by atoms with E-state index >= 15 is 0 Å². The fourth-order valence-electron chi connectivity index (χ4n) is 1.12. The van der Waals surface area contributed by atoms with Crippen molar-refractivity contribution in [2.24, 2.45) is 5.92 Å². The van der Waals surface area contributed by atoms with Crippen LogP contribution < -0.4 is 5.32 Å². The van der Waals surface area contributed by atoms with E-state index in [2.05, 4.69) is 37.1 Å². The first-order chi connectivity index (χ1) is 6.20. The second-order valence-electron chi connectivity index (χ2n) is 3.98. The summed E-state index contributed by atoms with van der Waals surface area (Å²) in [5, 5.41) is 3.25. The van der Waals surface area contributed by atoms with Gasteiger partial charge in [0.15, 0.2) is 0 Å². The van der Waals surface area contributed by atoms with E-state index in [9.17, 15) is 0 Å². The molecule has 0 saturated carbocycles. The number of fused-ring (bicyclic) bond motifs is 1. The molecular weight excluding hydrogens is 160 g/mol. The van der Waals surface area contributed by atoms with Crippen molar-refractivity contribution in [1.29, 1.82) is 0 Å². The molecule has 1 aliphatic heterocycles. The Balaban J connectivity index is 0.000000184. The highest BCUT2D eigenvalue weighted by atomic mass is 14.9. The molecule has 0 amide bonds. The Hall–Kier alpha value is -0.890. The van der Waals surface area contributed by atoms with Gasteiger partial charge < -0.3 is 5.32 Å². The van der Waals surface area contributed by atoms with E-state index in [1.54, 1.807) is 0 Å². The minimum absolute atomic E-state index is 0.833. The number of aromatic nitrogens is 1. The molecule has 0 saturated heterocycles. The minimum Gasteiger partial charge on any atom is -0.309 e. The lowest BCUT2D eigenvalue weighted by molar-refractivity contribution is 0.737. The van der Waals surface area contributed by atoms with E-state index in [1.165, 1.54) is 11.1 Å². The van der Waals surface area contributed by atoms with Gasteiger partial charge in [0, 0.05) is 25.5 Å². The van der Waals surface area contributed by atoms with Crippen LogP contribution in [0.25, 0.3) is 0 Å². The summed E-state index contributed by atoms with van der Waals surface area (Å²) in [6.45, 7) is 8.50. The van der Waals surface area contributed by atoms with Crippen molar-refractivity contribution in [3.8, 4) is 0 Å². The predicted octanol–water partition coefficient (Wildman–Crippen LogP) is 2.35. The SMILES string of the molecule is CC(C)C.c1cc2c(cn1)CNC2. The Labute approximate surface area is 80.4 Å². The number of rotatable bonds is 0. The molecular formula is C11H18N2. The topological polar surface area (TPSA) is 24.9 Å². The largest absolute Gasteiger partial charge is 0.309 e. The van der Waals surface area contributed by atoms with Crippen LogP contribution >= 0.6 is 0 Å². The van der Waals surface area contributed by atoms with Crippen LogP contribution in [0.4, 0.5) is 0 Å². The van der Waals surface area contributed by atoms with Crippen molar-refractivity contribution in [2.45, 2.75) is 33.9 Å². The molecule has 0 aromatic carbocycles. The highest BCUT2D eigenvalue weighted by molar-refractivity contribution is 5.26. The highest BCUT2D eigenvalue weighted by Crippen LogP contribution is 2.11. The average molecular weight is 178 g/mol. The quantitative estimate of drug-likeness (QED) is 0.659. The summed E-state index contributed by atoms with van der Waals surface area (Å²) in [5.74, 6) is 0.833. The van der Waals surface area contributed by atoms with E-state index in [0.717, 1.165) is 19.0 Å². The number of hydrogen-bond donors (Lipinski definition) is 1. The number of nitrogens with one attached hydrogen (secondary N) is 1. The second-order valence-corrected chi connectivity index (χ2v) is 3.98. The van der Waals surface area contributed by atoms with Gasteiger partial charge in [0.05, 0.1) is 0 Å². The minimum atomic E-state index is 0.833. The smallest absolute Gasteiger partial charge is 0.0316 e. The summed E-state index contributed by atoms with van der Waals surface area (Å²) >= 11 is 0. The monoisotopic (exact) mass is 178 g/mol. The van der Waals surface area contributed by atoms with Gasteiger partial charge in [-0.25, -0.2) is 0 Å². The van der Waals surface area contributed by atoms with Crippen LogP contribution in [0.2, 0.25) is 0 Å². The summed E-state index contributed by atoms with van der Waals surface area (Å²) in [6.07, 6.45) is 3.77. The number of hydrogen-bond acceptors (Lipinski definition) is 2. The Morgan fingerprint density at radius 3 is 2.46 bits per heavy atom. The van der Waals surface area contributed by atoms with E-state index in [4.69, 9.17) is 0 Å². The first-order valence-corrected chi connectivity index (χ1v) is 4.82. The summed E-state index contributed by atoms with van der Waals surface area (Å²) in [6, 6.07) is 2.06. The average Bonchev–Trinajstić information content (AvgIpc) is 2.49. The van der Waals surface area contributed by atoms with Crippen LogP contribution in [-0.2, 0) is 13.1 Å². The van der Waals surface area contributed by atoms with E-state index in [1.807, 2.05) is 12.4 Å². The van der Waals surface area contributed by atoms with Gasteiger partial charge >= 0.3 is 0 Å². The van der Waals surface area contributed by atoms with Crippen molar-refractivity contribution < 1.29 is 0 Å². The molecule has 0 aliphatic carbocycles. The van der Waals surface area contributed by atoms with Gasteiger partial charge in [-0.15, -0.1) is 0 Å². The third-order valence-corrected chi connectivity index (χ3v) is 1.64. The predicted molar refractivity (Wildman–Crippen MR) is 55.3 cm³/mol. The molecule has 1 aromatic heterocycles. The van der Waals surface area contributed by atoms with E-state index < -0.39 is 0 Å². The zero-order valence-electron chi connectivity index (χ0n) is 8.67. The maximum atomic E-state index is 4.02. The summed E-state index contributed by atoms with van der Waals surface area (Å²) < 4.78 is 0. The van der Waals surface area contributed by atoms with Crippen molar-refractivity contribution in [3.05, 3.63) is 29.6 Å². The zero-order chi connectivity index (χ0) is 9.68. The molecule has 72 valence electrons. The Morgan fingerprint density at radius 2 is 1.85 bits per heavy atom. The van der Waals surface area contributed by atoms with Gasteiger partial charge in [-0.2, -0.15) is 0 Å². The fourth-order valence-corrected chi connectivity index (χ4v) is 1.12. The molecule has 0 fully saturated rings. The van der Waals surface area contributed by atoms with Gasteiger partial charge in [-0.3, -0.25) is 4.98 Å². The maximum Gasteiger partial charge on any atom is 0.0316 e. The molecule has 2 heteroatoms. The first kappa shape index (κ1) is 10.2. The molecule has 1 aromatic rings. The molecule has 1 aliphatic rings. The summed E-state index contributed by atoms with van der Waals surface area (Å²) in [5.41, 5.74) is 2.74. The second kappa shape index (κ2) is 4.97. The third-order valence-electron chi connectivity index (χ3n) is 1.64. The molecule has 0 unspecified atom stereocenters. The lowest BCUT2D eigenvalue weighted by Crippen LogP contribution is -1.99. The first-order valence-electron chi connectivity index (χ1n) is 4.82. The lowest BCUT2D eigenvalue weighted by Gasteiger charge is -1.90. The van der Waals surface area contributed by atoms with Crippen molar-refractivity contribution in [1.82, 2.24) is 10.3 Å². The fraction of sp³-hybridized carbons (Fsp3) is 0.545. The Bertz CT molecular complexity index is 230. The molecule has 0 bridgehead atoms. The Morgan fingerprint density at radius 1 is 1.23 bits per heavy atom. The van der Waals surface area contributed by atoms with Gasteiger partial charge in [-0.05, 0) is 23.1 Å². The molecule has 2 nitrogen and oxygen atoms in total. The van der Waals surface area contributed by atoms with Crippen LogP contribution in [0.15, 0.2) is 18.5 Å². The van der Waals surface area contributed by atoms with E-state index in [0.29, 0.717) is 0 Å². The maximum absolute atomic E-state index is 4.02. The van der Waals surface area contributed by atoms with Crippen LogP contribution in [-0.4, -0.2) is 4.98 Å². The standard InChI is InChI=1S/C7H8N2.C4H10/c1-2-8-4-7-5-9-3-6(1)7;1-4(2)3/h1-2,4,9H,3,5H2;4H,1-3H3. The molecule has 13 heavy (non-hydrogen) atoms. The lowest BCUT2D eigenvalue weighted by atomic mass is 10.2.